The number of hydrogen-bond donors (Lipinski definition) is 1. The number of aromatic nitrogens is 2. The highest BCUT2D eigenvalue weighted by atomic mass is 19.4. The van der Waals surface area contributed by atoms with E-state index in [9.17, 15) is 18.3 Å². The summed E-state index contributed by atoms with van der Waals surface area (Å²) in [7, 11) is 3.42. The summed E-state index contributed by atoms with van der Waals surface area (Å²) in [5, 5.41) is 9.51. The number of hydrogen-bond acceptors (Lipinski definition) is 4. The van der Waals surface area contributed by atoms with Crippen molar-refractivity contribution >= 4 is 11.0 Å². The van der Waals surface area contributed by atoms with Gasteiger partial charge in [0.2, 0.25) is 0 Å². The van der Waals surface area contributed by atoms with Crippen LogP contribution in [-0.4, -0.2) is 52.0 Å². The molecule has 2 aromatic rings. The molecular weight excluding hydrogens is 323 g/mol. The lowest BCUT2D eigenvalue weighted by Crippen LogP contribution is -2.32. The van der Waals surface area contributed by atoms with Crippen molar-refractivity contribution in [3.05, 3.63) is 29.6 Å². The summed E-state index contributed by atoms with van der Waals surface area (Å²) in [5.41, 5.74) is 0.278. The molecule has 1 N–H and O–H groups in total. The normalized spacial score (nSPS) is 22.6. The molecule has 0 amide bonds. The second-order valence-corrected chi connectivity index (χ2v) is 6.15. The summed E-state index contributed by atoms with van der Waals surface area (Å²) in [6, 6.07) is 3.56. The molecule has 2 atom stereocenters. The molecule has 2 heterocycles. The molecule has 24 heavy (non-hydrogen) atoms. The highest BCUT2D eigenvalue weighted by Crippen LogP contribution is 2.31. The minimum atomic E-state index is -4.38. The molecular formula is C16H20F3N3O2. The highest BCUT2D eigenvalue weighted by molar-refractivity contribution is 5.77. The molecule has 0 radical (unpaired) electrons. The van der Waals surface area contributed by atoms with Crippen LogP contribution in [0.2, 0.25) is 0 Å². The minimum absolute atomic E-state index is 0.0159. The fourth-order valence-corrected chi connectivity index (χ4v) is 3.24. The van der Waals surface area contributed by atoms with Crippen molar-refractivity contribution in [2.45, 2.75) is 31.3 Å². The zero-order valence-electron chi connectivity index (χ0n) is 13.5. The summed E-state index contributed by atoms with van der Waals surface area (Å²) >= 11 is 0. The SMILES string of the molecule is CO[C@H]1C[C@@H](CO)N(Cc2nc3cc(C(F)(F)F)ccc3n2C)C1. The number of imidazole rings is 1. The quantitative estimate of drug-likeness (QED) is 0.924. The summed E-state index contributed by atoms with van der Waals surface area (Å²) in [6.07, 6.45) is -3.60. The molecule has 5 nitrogen and oxygen atoms in total. The van der Waals surface area contributed by atoms with E-state index in [0.717, 1.165) is 18.6 Å². The molecule has 1 aromatic carbocycles. The van der Waals surface area contributed by atoms with Gasteiger partial charge in [-0.05, 0) is 24.6 Å². The zero-order chi connectivity index (χ0) is 17.5. The number of halogens is 3. The van der Waals surface area contributed by atoms with E-state index >= 15 is 0 Å². The number of nitrogens with zero attached hydrogens (tertiary/aromatic N) is 3. The number of likely N-dealkylation sites (tertiary alicyclic amines) is 1. The third-order valence-corrected chi connectivity index (χ3v) is 4.68. The molecule has 1 aliphatic heterocycles. The van der Waals surface area contributed by atoms with Crippen LogP contribution in [0.3, 0.4) is 0 Å². The van der Waals surface area contributed by atoms with Crippen molar-refractivity contribution in [2.24, 2.45) is 7.05 Å². The Morgan fingerprint density at radius 2 is 2.12 bits per heavy atom. The summed E-state index contributed by atoms with van der Waals surface area (Å²) in [6.45, 7) is 1.14. The van der Waals surface area contributed by atoms with Gasteiger partial charge in [-0.1, -0.05) is 0 Å². The van der Waals surface area contributed by atoms with Crippen LogP contribution in [0.5, 0.6) is 0 Å². The third-order valence-electron chi connectivity index (χ3n) is 4.68. The van der Waals surface area contributed by atoms with Crippen LogP contribution in [0.25, 0.3) is 11.0 Å². The third kappa shape index (κ3) is 3.13. The fourth-order valence-electron chi connectivity index (χ4n) is 3.24. The summed E-state index contributed by atoms with van der Waals surface area (Å²) in [4.78, 5) is 6.42. The number of methoxy groups -OCH3 is 1. The largest absolute Gasteiger partial charge is 0.416 e. The standard InChI is InChI=1S/C16H20F3N3O2/c1-21-14-4-3-10(16(17,18)19)5-13(14)20-15(21)8-22-7-12(24-2)6-11(22)9-23/h3-5,11-12,23H,6-9H2,1-2H3/t11-,12-/m0/s1. The molecule has 1 fully saturated rings. The smallest absolute Gasteiger partial charge is 0.395 e. The Labute approximate surface area is 137 Å². The lowest BCUT2D eigenvalue weighted by Gasteiger charge is -2.21. The van der Waals surface area contributed by atoms with Crippen LogP contribution in [0, 0.1) is 0 Å². The molecule has 0 spiro atoms. The van der Waals surface area contributed by atoms with E-state index in [2.05, 4.69) is 9.88 Å². The van der Waals surface area contributed by atoms with Gasteiger partial charge in [0.05, 0.1) is 35.9 Å². The van der Waals surface area contributed by atoms with Crippen molar-refractivity contribution in [3.8, 4) is 0 Å². The van der Waals surface area contributed by atoms with Crippen molar-refractivity contribution in [3.63, 3.8) is 0 Å². The summed E-state index contributed by atoms with van der Waals surface area (Å²) in [5.74, 6) is 0.666. The predicted octanol–water partition coefficient (Wildman–Crippen LogP) is 2.17. The maximum absolute atomic E-state index is 12.8. The lowest BCUT2D eigenvalue weighted by atomic mass is 10.2. The summed E-state index contributed by atoms with van der Waals surface area (Å²) < 4.78 is 45.7. The minimum Gasteiger partial charge on any atom is -0.395 e. The molecule has 3 rings (SSSR count). The van der Waals surface area contributed by atoms with E-state index in [0.29, 0.717) is 29.9 Å². The van der Waals surface area contributed by atoms with Gasteiger partial charge in [-0.2, -0.15) is 13.2 Å². The van der Waals surface area contributed by atoms with Gasteiger partial charge in [0.25, 0.3) is 0 Å². The van der Waals surface area contributed by atoms with Crippen molar-refractivity contribution in [1.29, 1.82) is 0 Å². The first kappa shape index (κ1) is 17.2. The molecule has 0 aliphatic carbocycles. The van der Waals surface area contributed by atoms with Gasteiger partial charge in [-0.3, -0.25) is 4.90 Å². The second-order valence-electron chi connectivity index (χ2n) is 6.15. The Kier molecular flexibility index (Phi) is 4.54. The molecule has 1 saturated heterocycles. The first-order valence-corrected chi connectivity index (χ1v) is 7.73. The zero-order valence-corrected chi connectivity index (χ0v) is 13.5. The highest BCUT2D eigenvalue weighted by Gasteiger charge is 2.33. The number of fused-ring (bicyclic) bond motifs is 1. The average molecular weight is 343 g/mol. The number of benzene rings is 1. The van der Waals surface area contributed by atoms with Gasteiger partial charge in [0, 0.05) is 26.7 Å². The first-order chi connectivity index (χ1) is 11.3. The number of ether oxygens (including phenoxy) is 1. The van der Waals surface area contributed by atoms with Crippen LogP contribution >= 0.6 is 0 Å². The monoisotopic (exact) mass is 343 g/mol. The molecule has 1 aromatic heterocycles. The first-order valence-electron chi connectivity index (χ1n) is 7.73. The van der Waals surface area contributed by atoms with E-state index < -0.39 is 11.7 Å². The van der Waals surface area contributed by atoms with Crippen molar-refractivity contribution in [1.82, 2.24) is 14.5 Å². The van der Waals surface area contributed by atoms with Gasteiger partial charge >= 0.3 is 6.18 Å². The van der Waals surface area contributed by atoms with Gasteiger partial charge < -0.3 is 14.4 Å². The molecule has 0 unspecified atom stereocenters. The van der Waals surface area contributed by atoms with E-state index in [4.69, 9.17) is 4.74 Å². The number of aliphatic hydroxyl groups is 1. The molecule has 132 valence electrons. The Bertz CT molecular complexity index is 729. The van der Waals surface area contributed by atoms with Gasteiger partial charge in [0.15, 0.2) is 0 Å². The Hall–Kier alpha value is -1.64. The average Bonchev–Trinajstić information content (AvgIpc) is 3.08. The number of aliphatic hydroxyl groups excluding tert-OH is 1. The van der Waals surface area contributed by atoms with Crippen LogP contribution < -0.4 is 0 Å². The van der Waals surface area contributed by atoms with Gasteiger partial charge in [0.1, 0.15) is 5.82 Å². The van der Waals surface area contributed by atoms with Crippen LogP contribution in [0.4, 0.5) is 13.2 Å². The van der Waals surface area contributed by atoms with Gasteiger partial charge in [-0.15, -0.1) is 0 Å². The van der Waals surface area contributed by atoms with Crippen molar-refractivity contribution < 1.29 is 23.0 Å². The van der Waals surface area contributed by atoms with Gasteiger partial charge in [-0.25, -0.2) is 4.98 Å². The Balaban J connectivity index is 1.88. The lowest BCUT2D eigenvalue weighted by molar-refractivity contribution is -0.137. The van der Waals surface area contributed by atoms with Crippen LogP contribution in [0.1, 0.15) is 17.8 Å². The number of alkyl halides is 3. The Morgan fingerprint density at radius 3 is 2.75 bits per heavy atom. The number of aryl methyl sites for hydroxylation is 1. The van der Waals surface area contributed by atoms with E-state index in [1.165, 1.54) is 6.07 Å². The molecule has 1 aliphatic rings. The predicted molar refractivity (Wildman–Crippen MR) is 82.4 cm³/mol. The van der Waals surface area contributed by atoms with Crippen LogP contribution in [-0.2, 0) is 24.5 Å². The molecule has 0 bridgehead atoms. The second kappa shape index (κ2) is 6.34. The molecule has 8 heteroatoms. The maximum Gasteiger partial charge on any atom is 0.416 e. The van der Waals surface area contributed by atoms with E-state index in [-0.39, 0.29) is 18.8 Å². The van der Waals surface area contributed by atoms with E-state index in [1.807, 2.05) is 0 Å². The molecule has 0 saturated carbocycles. The fraction of sp³-hybridized carbons (Fsp3) is 0.562. The Morgan fingerprint density at radius 1 is 1.38 bits per heavy atom. The maximum atomic E-state index is 12.8. The van der Waals surface area contributed by atoms with Crippen LogP contribution in [0.15, 0.2) is 18.2 Å². The van der Waals surface area contributed by atoms with Crippen molar-refractivity contribution in [2.75, 3.05) is 20.3 Å². The van der Waals surface area contributed by atoms with E-state index in [1.54, 1.807) is 18.7 Å². The topological polar surface area (TPSA) is 50.5 Å². The number of rotatable bonds is 4.